The summed E-state index contributed by atoms with van der Waals surface area (Å²) in [4.78, 5) is 24.0. The molecular weight excluding hydrogens is 215 g/mol. The Morgan fingerprint density at radius 2 is 1.69 bits per heavy atom. The van der Waals surface area contributed by atoms with Crippen molar-refractivity contribution in [1.82, 2.24) is 20.8 Å². The second-order valence-electron chi connectivity index (χ2n) is 3.33. The molecule has 0 amide bonds. The Morgan fingerprint density at radius 3 is 2.19 bits per heavy atom. The molecule has 0 spiro atoms. The molecule has 6 nitrogen and oxygen atoms in total. The second-order valence-corrected chi connectivity index (χ2v) is 3.33. The van der Waals surface area contributed by atoms with Crippen LogP contribution in [0.1, 0.15) is 19.3 Å². The van der Waals surface area contributed by atoms with E-state index in [1.54, 1.807) is 4.98 Å². The Kier molecular flexibility index (Phi) is 5.44. The van der Waals surface area contributed by atoms with Gasteiger partial charge in [-0.05, 0) is 12.8 Å². The maximum absolute atomic E-state index is 12.0. The quantitative estimate of drug-likeness (QED) is 0.482. The smallest absolute Gasteiger partial charge is 0.311 e. The van der Waals surface area contributed by atoms with Gasteiger partial charge in [-0.15, -0.1) is 0 Å². The predicted octanol–water partition coefficient (Wildman–Crippen LogP) is -0.533. The molecule has 1 aromatic heterocycles. The number of nitrogens with one attached hydrogen (secondary N) is 4. The first-order valence-corrected chi connectivity index (χ1v) is 5.13. The Hall–Kier alpha value is -1.47. The monoisotopic (exact) mass is 230 g/mol. The highest BCUT2D eigenvalue weighted by Gasteiger charge is 1.93. The highest BCUT2D eigenvalue weighted by molar-refractivity contribution is 4.83. The van der Waals surface area contributed by atoms with Crippen LogP contribution in [0.15, 0.2) is 15.8 Å². The van der Waals surface area contributed by atoms with Gasteiger partial charge in [0.2, 0.25) is 5.82 Å². The fraction of sp³-hybridized carbons (Fsp3) is 0.556. The van der Waals surface area contributed by atoms with Gasteiger partial charge in [0.25, 0.3) is 5.56 Å². The fourth-order valence-electron chi connectivity index (χ4n) is 1.17. The topological polar surface area (TPSA) is 89.8 Å². The molecule has 1 aromatic rings. The summed E-state index contributed by atoms with van der Waals surface area (Å²) in [6.07, 6.45) is 4.74. The standard InChI is InChI=1S/C5H12N2.C4H3FN2O2/c1-2-4-6-7-5-3-1;5-2-1-6-4(9)7-3(2)8/h6-7H,1-5H2;1H,(H2,6,7,8,9). The van der Waals surface area contributed by atoms with E-state index in [-0.39, 0.29) is 0 Å². The van der Waals surface area contributed by atoms with Gasteiger partial charge in [-0.3, -0.25) is 20.6 Å². The molecule has 0 unspecified atom stereocenters. The molecule has 0 saturated carbocycles. The number of hydrogen-bond donors (Lipinski definition) is 4. The van der Waals surface area contributed by atoms with Gasteiger partial charge >= 0.3 is 5.69 Å². The van der Waals surface area contributed by atoms with E-state index in [1.807, 2.05) is 4.98 Å². The molecule has 0 aromatic carbocycles. The summed E-state index contributed by atoms with van der Waals surface area (Å²) in [5.41, 5.74) is 4.49. The minimum atomic E-state index is -1.00. The molecule has 2 heterocycles. The van der Waals surface area contributed by atoms with E-state index >= 15 is 0 Å². The first-order valence-electron chi connectivity index (χ1n) is 5.13. The largest absolute Gasteiger partial charge is 0.325 e. The number of hydrazine groups is 1. The van der Waals surface area contributed by atoms with Gasteiger partial charge in [-0.2, -0.15) is 4.39 Å². The van der Waals surface area contributed by atoms with E-state index in [0.717, 1.165) is 13.1 Å². The van der Waals surface area contributed by atoms with Crippen LogP contribution in [0.4, 0.5) is 4.39 Å². The second kappa shape index (κ2) is 6.91. The molecule has 1 aliphatic rings. The van der Waals surface area contributed by atoms with Crippen LogP contribution in [-0.2, 0) is 0 Å². The Morgan fingerprint density at radius 1 is 1.06 bits per heavy atom. The third kappa shape index (κ3) is 4.85. The van der Waals surface area contributed by atoms with Crippen molar-refractivity contribution >= 4 is 0 Å². The molecule has 0 aliphatic carbocycles. The molecule has 4 N–H and O–H groups in total. The molecular formula is C9H15FN4O2. The summed E-state index contributed by atoms with van der Waals surface area (Å²) in [6.45, 7) is 2.28. The summed E-state index contributed by atoms with van der Waals surface area (Å²) in [7, 11) is 0. The van der Waals surface area contributed by atoms with E-state index in [0.29, 0.717) is 6.20 Å². The van der Waals surface area contributed by atoms with Crippen LogP contribution in [0, 0.1) is 5.82 Å². The van der Waals surface area contributed by atoms with Crippen LogP contribution >= 0.6 is 0 Å². The van der Waals surface area contributed by atoms with Crippen LogP contribution in [-0.4, -0.2) is 23.1 Å². The molecule has 1 aliphatic heterocycles. The Bertz CT molecular complexity index is 395. The lowest BCUT2D eigenvalue weighted by Crippen LogP contribution is -2.30. The Labute approximate surface area is 91.3 Å². The molecule has 7 heteroatoms. The average molecular weight is 230 g/mol. The average Bonchev–Trinajstić information content (AvgIpc) is 2.56. The lowest BCUT2D eigenvalue weighted by molar-refractivity contribution is 0.573. The van der Waals surface area contributed by atoms with E-state index in [9.17, 15) is 14.0 Å². The molecule has 0 bridgehead atoms. The van der Waals surface area contributed by atoms with E-state index in [2.05, 4.69) is 10.9 Å². The maximum Gasteiger partial charge on any atom is 0.325 e. The van der Waals surface area contributed by atoms with Gasteiger partial charge in [-0.25, -0.2) is 4.79 Å². The van der Waals surface area contributed by atoms with Crippen molar-refractivity contribution in [2.24, 2.45) is 0 Å². The van der Waals surface area contributed by atoms with Crippen molar-refractivity contribution in [2.45, 2.75) is 19.3 Å². The molecule has 0 atom stereocenters. The predicted molar refractivity (Wildman–Crippen MR) is 57.5 cm³/mol. The fourth-order valence-corrected chi connectivity index (χ4v) is 1.17. The van der Waals surface area contributed by atoms with Crippen LogP contribution in [0.3, 0.4) is 0 Å². The molecule has 1 saturated heterocycles. The molecule has 16 heavy (non-hydrogen) atoms. The van der Waals surface area contributed by atoms with Crippen LogP contribution < -0.4 is 22.1 Å². The number of hydrogen-bond acceptors (Lipinski definition) is 4. The summed E-state index contributed by atoms with van der Waals surface area (Å²) in [6, 6.07) is 0. The minimum absolute atomic E-state index is 0.707. The zero-order valence-corrected chi connectivity index (χ0v) is 8.81. The van der Waals surface area contributed by atoms with Crippen molar-refractivity contribution < 1.29 is 4.39 Å². The van der Waals surface area contributed by atoms with Crippen LogP contribution in [0.2, 0.25) is 0 Å². The molecule has 2 rings (SSSR count). The van der Waals surface area contributed by atoms with Gasteiger partial charge < -0.3 is 4.98 Å². The van der Waals surface area contributed by atoms with Crippen molar-refractivity contribution in [3.63, 3.8) is 0 Å². The SMILES string of the molecule is C1CCNNCC1.O=c1[nH]cc(F)c(=O)[nH]1. The van der Waals surface area contributed by atoms with Crippen LogP contribution in [0.5, 0.6) is 0 Å². The van der Waals surface area contributed by atoms with Gasteiger partial charge in [0.15, 0.2) is 0 Å². The highest BCUT2D eigenvalue weighted by Crippen LogP contribution is 1.93. The number of halogens is 1. The van der Waals surface area contributed by atoms with Gasteiger partial charge in [0, 0.05) is 19.3 Å². The minimum Gasteiger partial charge on any atom is -0.311 e. The van der Waals surface area contributed by atoms with Crippen molar-refractivity contribution in [3.05, 3.63) is 32.9 Å². The first-order chi connectivity index (χ1) is 7.70. The lowest BCUT2D eigenvalue weighted by atomic mass is 10.2. The summed E-state index contributed by atoms with van der Waals surface area (Å²) < 4.78 is 12.0. The number of aromatic amines is 2. The lowest BCUT2D eigenvalue weighted by Gasteiger charge is -1.95. The summed E-state index contributed by atoms with van der Waals surface area (Å²) in [5, 5.41) is 0. The summed E-state index contributed by atoms with van der Waals surface area (Å²) >= 11 is 0. The van der Waals surface area contributed by atoms with Crippen LogP contribution in [0.25, 0.3) is 0 Å². The molecule has 1 fully saturated rings. The van der Waals surface area contributed by atoms with E-state index in [4.69, 9.17) is 0 Å². The Balaban J connectivity index is 0.000000165. The zero-order chi connectivity index (χ0) is 11.8. The van der Waals surface area contributed by atoms with Crippen molar-refractivity contribution in [2.75, 3.05) is 13.1 Å². The molecule has 90 valence electrons. The molecule has 0 radical (unpaired) electrons. The third-order valence-electron chi connectivity index (χ3n) is 2.00. The number of rotatable bonds is 0. The third-order valence-corrected chi connectivity index (χ3v) is 2.00. The number of H-pyrrole nitrogens is 2. The number of aromatic nitrogens is 2. The summed E-state index contributed by atoms with van der Waals surface area (Å²) in [5.74, 6) is -0.991. The first kappa shape index (κ1) is 12.6. The van der Waals surface area contributed by atoms with Crippen molar-refractivity contribution in [1.29, 1.82) is 0 Å². The maximum atomic E-state index is 12.0. The van der Waals surface area contributed by atoms with Gasteiger partial charge in [-0.1, -0.05) is 6.42 Å². The highest BCUT2D eigenvalue weighted by atomic mass is 19.1. The van der Waals surface area contributed by atoms with Crippen molar-refractivity contribution in [3.8, 4) is 0 Å². The normalized spacial score (nSPS) is 15.8. The van der Waals surface area contributed by atoms with Gasteiger partial charge in [0.1, 0.15) is 0 Å². The van der Waals surface area contributed by atoms with E-state index in [1.165, 1.54) is 19.3 Å². The zero-order valence-electron chi connectivity index (χ0n) is 8.81. The van der Waals surface area contributed by atoms with Gasteiger partial charge in [0.05, 0.1) is 0 Å². The van der Waals surface area contributed by atoms with E-state index < -0.39 is 17.1 Å².